The van der Waals surface area contributed by atoms with Gasteiger partial charge in [-0.1, -0.05) is 0 Å². The van der Waals surface area contributed by atoms with Gasteiger partial charge in [-0.3, -0.25) is 9.59 Å². The lowest BCUT2D eigenvalue weighted by atomic mass is 10.1. The highest BCUT2D eigenvalue weighted by molar-refractivity contribution is 6.11. The fourth-order valence-corrected chi connectivity index (χ4v) is 3.32. The molecular formula is C24H45N3O9Si. The van der Waals surface area contributed by atoms with Crippen LogP contribution in [-0.2, 0) is 33.4 Å². The van der Waals surface area contributed by atoms with Gasteiger partial charge in [0.25, 0.3) is 0 Å². The maximum Gasteiger partial charge on any atom is 0.408 e. The van der Waals surface area contributed by atoms with Gasteiger partial charge in [-0.25, -0.2) is 14.4 Å². The molecule has 0 aromatic carbocycles. The van der Waals surface area contributed by atoms with Crippen LogP contribution in [0.4, 0.5) is 4.79 Å². The van der Waals surface area contributed by atoms with E-state index < -0.39 is 71.4 Å². The molecule has 12 nitrogen and oxygen atoms in total. The fraction of sp³-hybridized carbons (Fsp3) is 0.792. The lowest BCUT2D eigenvalue weighted by molar-refractivity contribution is -0.158. The zero-order chi connectivity index (χ0) is 29.2. The van der Waals surface area contributed by atoms with E-state index in [-0.39, 0.29) is 12.8 Å². The molecule has 214 valence electrons. The molecule has 3 amide bonds. The molecule has 0 radical (unpaired) electrons. The number of aliphatic hydroxyl groups is 1. The topological polar surface area (TPSA) is 169 Å². The van der Waals surface area contributed by atoms with Crippen LogP contribution in [0.1, 0.15) is 75.2 Å². The van der Waals surface area contributed by atoms with E-state index in [1.54, 1.807) is 62.3 Å². The predicted molar refractivity (Wildman–Crippen MR) is 140 cm³/mol. The summed E-state index contributed by atoms with van der Waals surface area (Å²) in [7, 11) is 0.598. The fourth-order valence-electron chi connectivity index (χ4n) is 2.78. The average Bonchev–Trinajstić information content (AvgIpc) is 2.68. The van der Waals surface area contributed by atoms with Crippen LogP contribution in [-0.4, -0.2) is 86.7 Å². The van der Waals surface area contributed by atoms with Crippen LogP contribution in [0.15, 0.2) is 0 Å². The predicted octanol–water partition coefficient (Wildman–Crippen LogP) is 0.0889. The molecule has 13 heteroatoms. The van der Waals surface area contributed by atoms with E-state index in [4.69, 9.17) is 14.2 Å². The van der Waals surface area contributed by atoms with Gasteiger partial charge in [0.05, 0.1) is 6.61 Å². The van der Waals surface area contributed by atoms with Crippen molar-refractivity contribution in [2.75, 3.05) is 6.61 Å². The molecule has 0 unspecified atom stereocenters. The highest BCUT2D eigenvalue weighted by Crippen LogP contribution is 2.13. The van der Waals surface area contributed by atoms with Crippen LogP contribution in [0.3, 0.4) is 0 Å². The van der Waals surface area contributed by atoms with Crippen LogP contribution in [0.25, 0.3) is 0 Å². The number of hydrogen-bond donors (Lipinski definition) is 4. The largest absolute Gasteiger partial charge is 0.458 e. The molecule has 0 aliphatic carbocycles. The summed E-state index contributed by atoms with van der Waals surface area (Å²) < 4.78 is 15.8. The minimum absolute atomic E-state index is 0.152. The summed E-state index contributed by atoms with van der Waals surface area (Å²) in [4.78, 5) is 62.3. The van der Waals surface area contributed by atoms with Crippen molar-refractivity contribution in [3.8, 4) is 0 Å². The number of esters is 2. The molecule has 0 aliphatic rings. The van der Waals surface area contributed by atoms with Crippen molar-refractivity contribution in [2.45, 2.75) is 116 Å². The van der Waals surface area contributed by atoms with E-state index in [0.717, 1.165) is 0 Å². The normalized spacial score (nSPS) is 14.5. The number of nitrogens with one attached hydrogen (secondary N) is 3. The summed E-state index contributed by atoms with van der Waals surface area (Å²) in [6.07, 6.45) is -1.28. The maximum atomic E-state index is 12.6. The molecule has 0 aromatic heterocycles. The molecule has 0 saturated heterocycles. The van der Waals surface area contributed by atoms with Crippen molar-refractivity contribution in [1.29, 1.82) is 0 Å². The SMILES string of the molecule is CC(C)(C)OC(=O)N[C@@H](CCC(=O)N[C@@H](CO)C(=O)N[C@@H](C[SiH3])C(=O)OC(C)(C)C)C(=O)OC(C)(C)C. The summed E-state index contributed by atoms with van der Waals surface area (Å²) in [5, 5.41) is 16.9. The van der Waals surface area contributed by atoms with Crippen molar-refractivity contribution >= 4 is 40.1 Å². The van der Waals surface area contributed by atoms with Crippen molar-refractivity contribution in [3.05, 3.63) is 0 Å². The van der Waals surface area contributed by atoms with Gasteiger partial charge in [-0.05, 0) is 74.8 Å². The molecule has 0 aromatic rings. The quantitative estimate of drug-likeness (QED) is 0.159. The van der Waals surface area contributed by atoms with Crippen molar-refractivity contribution in [3.63, 3.8) is 0 Å². The van der Waals surface area contributed by atoms with E-state index in [2.05, 4.69) is 16.0 Å². The molecule has 37 heavy (non-hydrogen) atoms. The highest BCUT2D eigenvalue weighted by Gasteiger charge is 2.31. The molecule has 0 spiro atoms. The van der Waals surface area contributed by atoms with Gasteiger partial charge in [-0.15, -0.1) is 0 Å². The van der Waals surface area contributed by atoms with Crippen LogP contribution >= 0.6 is 0 Å². The first-order chi connectivity index (χ1) is 16.7. The number of alkyl carbamates (subject to hydrolysis) is 1. The first-order valence-electron chi connectivity index (χ1n) is 12.3. The summed E-state index contributed by atoms with van der Waals surface area (Å²) in [5.41, 5.74) is -2.38. The molecule has 0 aliphatic heterocycles. The summed E-state index contributed by atoms with van der Waals surface area (Å²) in [5.74, 6) is -2.77. The smallest absolute Gasteiger partial charge is 0.408 e. The van der Waals surface area contributed by atoms with Crippen molar-refractivity contribution in [2.24, 2.45) is 0 Å². The Labute approximate surface area is 222 Å². The molecule has 0 heterocycles. The van der Waals surface area contributed by atoms with Gasteiger partial charge >= 0.3 is 18.0 Å². The Balaban J connectivity index is 5.23. The van der Waals surface area contributed by atoms with Crippen LogP contribution in [0, 0.1) is 0 Å². The number of carbonyl (C=O) groups is 5. The number of ether oxygens (including phenoxy) is 3. The second-order valence-electron chi connectivity index (χ2n) is 11.6. The van der Waals surface area contributed by atoms with Gasteiger partial charge in [-0.2, -0.15) is 0 Å². The Morgan fingerprint density at radius 3 is 1.57 bits per heavy atom. The maximum absolute atomic E-state index is 12.6. The molecule has 4 N–H and O–H groups in total. The second kappa shape index (κ2) is 14.3. The second-order valence-corrected chi connectivity index (χ2v) is 12.4. The van der Waals surface area contributed by atoms with E-state index in [0.29, 0.717) is 16.3 Å². The third-order valence-corrected chi connectivity index (χ3v) is 5.11. The Hall–Kier alpha value is -2.67. The molecule has 0 rings (SSSR count). The molecule has 3 atom stereocenters. The Morgan fingerprint density at radius 1 is 0.703 bits per heavy atom. The standard InChI is InChI=1S/C24H45N3O9Si/c1-22(2,3)34-19(31)14(27-21(33)36-24(7,8)9)10-11-17(29)25-15(12-28)18(30)26-16(13-37)20(32)35-23(4,5)6/h14-16,28H,10-13H2,1-9,37H3,(H,25,29)(H,26,30)(H,27,33)/t14-,15-,16-/m0/s1. The van der Waals surface area contributed by atoms with E-state index in [1.807, 2.05) is 0 Å². The van der Waals surface area contributed by atoms with E-state index in [9.17, 15) is 29.1 Å². The third-order valence-electron chi connectivity index (χ3n) is 4.29. The minimum atomic E-state index is -1.33. The zero-order valence-corrected chi connectivity index (χ0v) is 25.8. The molecule has 0 bridgehead atoms. The highest BCUT2D eigenvalue weighted by atomic mass is 28.1. The van der Waals surface area contributed by atoms with Gasteiger partial charge in [0.2, 0.25) is 11.8 Å². The van der Waals surface area contributed by atoms with E-state index in [1.165, 1.54) is 0 Å². The van der Waals surface area contributed by atoms with Crippen molar-refractivity contribution < 1.29 is 43.3 Å². The van der Waals surface area contributed by atoms with Crippen LogP contribution < -0.4 is 16.0 Å². The lowest BCUT2D eigenvalue weighted by Crippen LogP contribution is -2.54. The summed E-state index contributed by atoms with van der Waals surface area (Å²) in [6, 6.07) is -3.05. The molecule has 0 saturated carbocycles. The monoisotopic (exact) mass is 547 g/mol. The lowest BCUT2D eigenvalue weighted by Gasteiger charge is -2.26. The number of aliphatic hydroxyl groups excluding tert-OH is 1. The summed E-state index contributed by atoms with van der Waals surface area (Å²) in [6.45, 7) is 14.4. The van der Waals surface area contributed by atoms with Gasteiger partial charge in [0.1, 0.15) is 34.9 Å². The first kappa shape index (κ1) is 34.3. The van der Waals surface area contributed by atoms with Crippen LogP contribution in [0.2, 0.25) is 6.04 Å². The molecule has 0 fully saturated rings. The number of rotatable bonds is 11. The van der Waals surface area contributed by atoms with Crippen LogP contribution in [0.5, 0.6) is 0 Å². The number of amides is 3. The average molecular weight is 548 g/mol. The molecular weight excluding hydrogens is 502 g/mol. The summed E-state index contributed by atoms with van der Waals surface area (Å²) >= 11 is 0. The van der Waals surface area contributed by atoms with Gasteiger partial charge in [0.15, 0.2) is 0 Å². The first-order valence-corrected chi connectivity index (χ1v) is 13.7. The van der Waals surface area contributed by atoms with Gasteiger partial charge < -0.3 is 35.3 Å². The number of carbonyl (C=O) groups excluding carboxylic acids is 5. The third kappa shape index (κ3) is 15.9. The zero-order valence-electron chi connectivity index (χ0n) is 23.8. The number of hydrogen-bond acceptors (Lipinski definition) is 9. The van der Waals surface area contributed by atoms with Gasteiger partial charge in [0, 0.05) is 16.7 Å². The van der Waals surface area contributed by atoms with E-state index >= 15 is 0 Å². The Kier molecular flexibility index (Phi) is 13.3. The Morgan fingerprint density at radius 2 is 1.16 bits per heavy atom. The minimum Gasteiger partial charge on any atom is -0.458 e. The Bertz CT molecular complexity index is 814. The van der Waals surface area contributed by atoms with Crippen molar-refractivity contribution in [1.82, 2.24) is 16.0 Å².